The van der Waals surface area contributed by atoms with E-state index in [1.54, 1.807) is 28.5 Å². The number of halogens is 2. The number of piperazine rings is 1. The standard InChI is InChI=1S/C23H30Cl2N6O2S/c1-29-8-2-3-17(29)6-7-26-21(32)14-30-9-11-31(12-10-30)22(33)20-15-34-23(28-20)27-16-4-5-18(24)19(25)13-16/h4-5,13,15,17H,2-3,6-12,14H2,1H3,(H,26,32)(H,27,28). The highest BCUT2D eigenvalue weighted by Gasteiger charge is 2.25. The fourth-order valence-corrected chi connectivity index (χ4v) is 5.38. The smallest absolute Gasteiger partial charge is 0.273 e. The van der Waals surface area contributed by atoms with Crippen molar-refractivity contribution in [1.29, 1.82) is 0 Å². The first-order chi connectivity index (χ1) is 16.4. The third kappa shape index (κ3) is 6.60. The number of carbonyl (C=O) groups excluding carboxylic acids is 2. The van der Waals surface area contributed by atoms with E-state index < -0.39 is 0 Å². The molecule has 0 radical (unpaired) electrons. The molecular weight excluding hydrogens is 495 g/mol. The molecule has 184 valence electrons. The van der Waals surface area contributed by atoms with Gasteiger partial charge in [-0.3, -0.25) is 14.5 Å². The lowest BCUT2D eigenvalue weighted by atomic mass is 10.1. The molecule has 2 amide bonds. The van der Waals surface area contributed by atoms with Crippen molar-refractivity contribution in [3.8, 4) is 0 Å². The van der Waals surface area contributed by atoms with Crippen LogP contribution in [0.1, 0.15) is 29.8 Å². The molecule has 1 aromatic heterocycles. The Kier molecular flexibility index (Phi) is 8.65. The van der Waals surface area contributed by atoms with E-state index in [-0.39, 0.29) is 11.8 Å². The number of hydrogen-bond acceptors (Lipinski definition) is 7. The average Bonchev–Trinajstić information content (AvgIpc) is 3.45. The molecule has 2 aromatic rings. The van der Waals surface area contributed by atoms with E-state index in [0.29, 0.717) is 66.2 Å². The van der Waals surface area contributed by atoms with Gasteiger partial charge in [-0.25, -0.2) is 4.98 Å². The van der Waals surface area contributed by atoms with Gasteiger partial charge in [0.1, 0.15) is 5.69 Å². The number of aromatic nitrogens is 1. The molecule has 0 saturated carbocycles. The second-order valence-corrected chi connectivity index (χ2v) is 10.4. The van der Waals surface area contributed by atoms with Gasteiger partial charge in [-0.2, -0.15) is 0 Å². The molecule has 3 heterocycles. The monoisotopic (exact) mass is 524 g/mol. The third-order valence-electron chi connectivity index (χ3n) is 6.39. The Balaban J connectivity index is 1.19. The highest BCUT2D eigenvalue weighted by Crippen LogP contribution is 2.28. The molecule has 2 aliphatic heterocycles. The summed E-state index contributed by atoms with van der Waals surface area (Å²) in [5.41, 5.74) is 1.17. The second-order valence-electron chi connectivity index (χ2n) is 8.78. The summed E-state index contributed by atoms with van der Waals surface area (Å²) >= 11 is 13.4. The predicted octanol–water partition coefficient (Wildman–Crippen LogP) is 3.55. The molecule has 2 aliphatic rings. The number of benzene rings is 1. The maximum Gasteiger partial charge on any atom is 0.273 e. The number of anilines is 2. The topological polar surface area (TPSA) is 80.8 Å². The molecule has 8 nitrogen and oxygen atoms in total. The van der Waals surface area contributed by atoms with Gasteiger partial charge in [-0.05, 0) is 51.1 Å². The number of nitrogens with zero attached hydrogens (tertiary/aromatic N) is 4. The van der Waals surface area contributed by atoms with Gasteiger partial charge in [-0.1, -0.05) is 23.2 Å². The molecule has 2 saturated heterocycles. The predicted molar refractivity (Wildman–Crippen MR) is 137 cm³/mol. The van der Waals surface area contributed by atoms with Gasteiger partial charge in [-0.15, -0.1) is 11.3 Å². The van der Waals surface area contributed by atoms with Crippen LogP contribution in [0.25, 0.3) is 0 Å². The number of nitrogens with one attached hydrogen (secondary N) is 2. The Morgan fingerprint density at radius 3 is 2.65 bits per heavy atom. The van der Waals surface area contributed by atoms with Crippen LogP contribution in [0.2, 0.25) is 10.0 Å². The number of hydrogen-bond donors (Lipinski definition) is 2. The van der Waals surface area contributed by atoms with Crippen molar-refractivity contribution >= 4 is 57.2 Å². The molecule has 1 unspecified atom stereocenters. The lowest BCUT2D eigenvalue weighted by molar-refractivity contribution is -0.122. The van der Waals surface area contributed by atoms with Crippen molar-refractivity contribution < 1.29 is 9.59 Å². The number of thiazole rings is 1. The fourth-order valence-electron chi connectivity index (χ4n) is 4.38. The minimum absolute atomic E-state index is 0.0537. The average molecular weight is 526 g/mol. The van der Waals surface area contributed by atoms with Crippen LogP contribution in [0, 0.1) is 0 Å². The Morgan fingerprint density at radius 1 is 1.15 bits per heavy atom. The molecule has 2 N–H and O–H groups in total. The number of likely N-dealkylation sites (tertiary alicyclic amines) is 1. The van der Waals surface area contributed by atoms with Gasteiger partial charge in [0.25, 0.3) is 5.91 Å². The lowest BCUT2D eigenvalue weighted by Gasteiger charge is -2.34. The maximum atomic E-state index is 12.9. The molecule has 0 spiro atoms. The third-order valence-corrected chi connectivity index (χ3v) is 7.89. The molecule has 0 aliphatic carbocycles. The van der Waals surface area contributed by atoms with Gasteiger partial charge >= 0.3 is 0 Å². The van der Waals surface area contributed by atoms with Gasteiger partial charge in [0, 0.05) is 49.8 Å². The zero-order chi connectivity index (χ0) is 24.1. The zero-order valence-electron chi connectivity index (χ0n) is 19.2. The minimum atomic E-state index is -0.0942. The van der Waals surface area contributed by atoms with Crippen LogP contribution < -0.4 is 10.6 Å². The summed E-state index contributed by atoms with van der Waals surface area (Å²) in [6, 6.07) is 5.81. The largest absolute Gasteiger partial charge is 0.355 e. The SMILES string of the molecule is CN1CCCC1CCNC(=O)CN1CCN(C(=O)c2csc(Nc3ccc(Cl)c(Cl)c3)n2)CC1. The summed E-state index contributed by atoms with van der Waals surface area (Å²) < 4.78 is 0. The van der Waals surface area contributed by atoms with Crippen molar-refractivity contribution in [2.24, 2.45) is 0 Å². The maximum absolute atomic E-state index is 12.9. The summed E-state index contributed by atoms with van der Waals surface area (Å²) in [7, 11) is 2.15. The first kappa shape index (κ1) is 25.2. The molecule has 4 rings (SSSR count). The van der Waals surface area contributed by atoms with Crippen LogP contribution in [-0.4, -0.2) is 90.4 Å². The number of carbonyl (C=O) groups is 2. The van der Waals surface area contributed by atoms with E-state index >= 15 is 0 Å². The van der Waals surface area contributed by atoms with Crippen molar-refractivity contribution in [2.75, 3.05) is 58.2 Å². The van der Waals surface area contributed by atoms with E-state index in [1.807, 2.05) is 0 Å². The van der Waals surface area contributed by atoms with Crippen LogP contribution in [0.4, 0.5) is 10.8 Å². The highest BCUT2D eigenvalue weighted by atomic mass is 35.5. The Morgan fingerprint density at radius 2 is 1.94 bits per heavy atom. The van der Waals surface area contributed by atoms with Crippen LogP contribution in [0.15, 0.2) is 23.6 Å². The first-order valence-electron chi connectivity index (χ1n) is 11.5. The summed E-state index contributed by atoms with van der Waals surface area (Å²) in [6.07, 6.45) is 3.46. The molecule has 2 fully saturated rings. The Bertz CT molecular complexity index is 1010. The quantitative estimate of drug-likeness (QED) is 0.549. The summed E-state index contributed by atoms with van der Waals surface area (Å²) in [5, 5.41) is 9.50. The van der Waals surface area contributed by atoms with Crippen molar-refractivity contribution in [1.82, 2.24) is 25.0 Å². The van der Waals surface area contributed by atoms with Gasteiger partial charge in [0.05, 0.1) is 16.6 Å². The van der Waals surface area contributed by atoms with Crippen LogP contribution >= 0.6 is 34.5 Å². The number of amides is 2. The van der Waals surface area contributed by atoms with Crippen LogP contribution in [-0.2, 0) is 4.79 Å². The molecule has 34 heavy (non-hydrogen) atoms. The minimum Gasteiger partial charge on any atom is -0.355 e. The molecule has 1 atom stereocenters. The Hall–Kier alpha value is -1.91. The van der Waals surface area contributed by atoms with Gasteiger partial charge in [0.2, 0.25) is 5.91 Å². The van der Waals surface area contributed by atoms with Crippen molar-refractivity contribution in [3.05, 3.63) is 39.3 Å². The lowest BCUT2D eigenvalue weighted by Crippen LogP contribution is -2.51. The Labute approximate surface area is 214 Å². The first-order valence-corrected chi connectivity index (χ1v) is 13.2. The van der Waals surface area contributed by atoms with Crippen LogP contribution in [0.3, 0.4) is 0 Å². The molecular formula is C23H30Cl2N6O2S. The van der Waals surface area contributed by atoms with Crippen molar-refractivity contribution in [3.63, 3.8) is 0 Å². The highest BCUT2D eigenvalue weighted by molar-refractivity contribution is 7.14. The van der Waals surface area contributed by atoms with E-state index in [1.165, 1.54) is 24.2 Å². The van der Waals surface area contributed by atoms with Crippen LogP contribution in [0.5, 0.6) is 0 Å². The van der Waals surface area contributed by atoms with Gasteiger partial charge < -0.3 is 20.4 Å². The fraction of sp³-hybridized carbons (Fsp3) is 0.522. The molecule has 11 heteroatoms. The van der Waals surface area contributed by atoms with E-state index in [4.69, 9.17) is 23.2 Å². The molecule has 0 bridgehead atoms. The van der Waals surface area contributed by atoms with E-state index in [0.717, 1.165) is 18.7 Å². The molecule has 1 aromatic carbocycles. The number of rotatable bonds is 8. The second kappa shape index (κ2) is 11.7. The summed E-state index contributed by atoms with van der Waals surface area (Å²) in [5.74, 6) is -0.0406. The van der Waals surface area contributed by atoms with E-state index in [2.05, 4.69) is 32.5 Å². The summed E-state index contributed by atoms with van der Waals surface area (Å²) in [6.45, 7) is 4.73. The van der Waals surface area contributed by atoms with E-state index in [9.17, 15) is 9.59 Å². The normalized spacial score (nSPS) is 19.4. The van der Waals surface area contributed by atoms with Crippen molar-refractivity contribution in [2.45, 2.75) is 25.3 Å². The van der Waals surface area contributed by atoms with Gasteiger partial charge in [0.15, 0.2) is 5.13 Å². The zero-order valence-corrected chi connectivity index (χ0v) is 21.6. The summed E-state index contributed by atoms with van der Waals surface area (Å²) in [4.78, 5) is 35.9.